The maximum atomic E-state index is 5.92. The van der Waals surface area contributed by atoms with Crippen molar-refractivity contribution in [2.45, 2.75) is 45.1 Å². The molecule has 1 heterocycles. The number of pyridine rings is 1. The molecule has 1 aromatic rings. The van der Waals surface area contributed by atoms with Crippen molar-refractivity contribution in [3.8, 4) is 5.88 Å². The van der Waals surface area contributed by atoms with Gasteiger partial charge in [-0.05, 0) is 47.2 Å². The van der Waals surface area contributed by atoms with Crippen molar-refractivity contribution in [3.63, 3.8) is 0 Å². The predicted octanol–water partition coefficient (Wildman–Crippen LogP) is 3.77. The largest absolute Gasteiger partial charge is 0.473 e. The van der Waals surface area contributed by atoms with Gasteiger partial charge >= 0.3 is 0 Å². The Morgan fingerprint density at radius 1 is 1.53 bits per heavy atom. The summed E-state index contributed by atoms with van der Waals surface area (Å²) in [6, 6.07) is 1.84. The van der Waals surface area contributed by atoms with Crippen molar-refractivity contribution in [3.05, 3.63) is 16.7 Å². The van der Waals surface area contributed by atoms with Crippen LogP contribution in [0, 0.1) is 5.92 Å². The Hall–Kier alpha value is -0.770. The number of ether oxygens (including phenoxy) is 1. The highest BCUT2D eigenvalue weighted by Crippen LogP contribution is 2.31. The van der Waals surface area contributed by atoms with Crippen LogP contribution in [-0.4, -0.2) is 11.1 Å². The zero-order valence-corrected chi connectivity index (χ0v) is 11.7. The SMILES string of the molecule is CCC1CCCC(Oc2ncc(Br)cc2N)C1. The molecular weight excluding hydrogens is 280 g/mol. The Bertz CT molecular complexity index is 384. The quantitative estimate of drug-likeness (QED) is 0.924. The summed E-state index contributed by atoms with van der Waals surface area (Å²) in [5.41, 5.74) is 6.50. The van der Waals surface area contributed by atoms with Crippen LogP contribution in [0.1, 0.15) is 39.0 Å². The number of anilines is 1. The third-order valence-electron chi connectivity index (χ3n) is 3.44. The lowest BCUT2D eigenvalue weighted by Gasteiger charge is -2.28. The average Bonchev–Trinajstić information content (AvgIpc) is 2.33. The molecule has 0 bridgehead atoms. The van der Waals surface area contributed by atoms with Gasteiger partial charge < -0.3 is 10.5 Å². The molecule has 0 aromatic carbocycles. The van der Waals surface area contributed by atoms with E-state index in [0.29, 0.717) is 11.6 Å². The Kier molecular flexibility index (Phi) is 4.26. The molecule has 2 N–H and O–H groups in total. The van der Waals surface area contributed by atoms with Crippen molar-refractivity contribution in [2.24, 2.45) is 5.92 Å². The molecule has 3 nitrogen and oxygen atoms in total. The topological polar surface area (TPSA) is 48.1 Å². The van der Waals surface area contributed by atoms with E-state index in [2.05, 4.69) is 27.8 Å². The molecule has 94 valence electrons. The van der Waals surface area contributed by atoms with E-state index in [4.69, 9.17) is 10.5 Å². The molecule has 17 heavy (non-hydrogen) atoms. The first-order valence-electron chi connectivity index (χ1n) is 6.26. The maximum Gasteiger partial charge on any atom is 0.237 e. The van der Waals surface area contributed by atoms with Gasteiger partial charge in [-0.2, -0.15) is 0 Å². The number of hydrogen-bond acceptors (Lipinski definition) is 3. The van der Waals surface area contributed by atoms with Crippen LogP contribution in [0.15, 0.2) is 16.7 Å². The normalized spacial score (nSPS) is 24.6. The number of hydrogen-bond donors (Lipinski definition) is 1. The highest BCUT2D eigenvalue weighted by Gasteiger charge is 2.23. The zero-order chi connectivity index (χ0) is 12.3. The summed E-state index contributed by atoms with van der Waals surface area (Å²) in [4.78, 5) is 4.23. The molecule has 1 aliphatic carbocycles. The number of aromatic nitrogens is 1. The van der Waals surface area contributed by atoms with Crippen LogP contribution in [0.5, 0.6) is 5.88 Å². The van der Waals surface area contributed by atoms with Gasteiger partial charge in [-0.15, -0.1) is 0 Å². The first kappa shape index (κ1) is 12.7. The Morgan fingerprint density at radius 2 is 2.35 bits per heavy atom. The van der Waals surface area contributed by atoms with E-state index in [-0.39, 0.29) is 6.10 Å². The molecule has 0 spiro atoms. The third kappa shape index (κ3) is 3.35. The van der Waals surface area contributed by atoms with Crippen molar-refractivity contribution < 1.29 is 4.74 Å². The zero-order valence-electron chi connectivity index (χ0n) is 10.2. The number of halogens is 1. The molecule has 1 saturated carbocycles. The Labute approximate surface area is 111 Å². The van der Waals surface area contributed by atoms with E-state index in [1.54, 1.807) is 6.20 Å². The van der Waals surface area contributed by atoms with Crippen molar-refractivity contribution in [1.82, 2.24) is 4.98 Å². The van der Waals surface area contributed by atoms with Crippen LogP contribution in [-0.2, 0) is 0 Å². The summed E-state index contributed by atoms with van der Waals surface area (Å²) in [7, 11) is 0. The minimum absolute atomic E-state index is 0.282. The molecule has 0 aliphatic heterocycles. The average molecular weight is 299 g/mol. The van der Waals surface area contributed by atoms with E-state index < -0.39 is 0 Å². The van der Waals surface area contributed by atoms with E-state index in [1.807, 2.05) is 6.07 Å². The molecule has 0 radical (unpaired) electrons. The summed E-state index contributed by atoms with van der Waals surface area (Å²) in [6.45, 7) is 2.25. The van der Waals surface area contributed by atoms with Crippen LogP contribution < -0.4 is 10.5 Å². The minimum atomic E-state index is 0.282. The molecule has 2 unspecified atom stereocenters. The van der Waals surface area contributed by atoms with Crippen LogP contribution in [0.3, 0.4) is 0 Å². The molecule has 1 fully saturated rings. The smallest absolute Gasteiger partial charge is 0.237 e. The standard InChI is InChI=1S/C13H19BrN2O/c1-2-9-4-3-5-11(6-9)17-13-12(15)7-10(14)8-16-13/h7-9,11H,2-6,15H2,1H3. The van der Waals surface area contributed by atoms with Gasteiger partial charge in [0.15, 0.2) is 0 Å². The van der Waals surface area contributed by atoms with Gasteiger partial charge in [0.25, 0.3) is 0 Å². The summed E-state index contributed by atoms with van der Waals surface area (Å²) in [6.07, 6.45) is 8.08. The number of nitrogens with two attached hydrogens (primary N) is 1. The van der Waals surface area contributed by atoms with Crippen molar-refractivity contribution >= 4 is 21.6 Å². The fourth-order valence-corrected chi connectivity index (χ4v) is 2.77. The van der Waals surface area contributed by atoms with Crippen molar-refractivity contribution in [2.75, 3.05) is 5.73 Å². The van der Waals surface area contributed by atoms with Gasteiger partial charge in [0.1, 0.15) is 6.10 Å². The first-order valence-corrected chi connectivity index (χ1v) is 7.06. The summed E-state index contributed by atoms with van der Waals surface area (Å²) in [5, 5.41) is 0. The van der Waals surface area contributed by atoms with E-state index in [9.17, 15) is 0 Å². The van der Waals surface area contributed by atoms with Crippen LogP contribution in [0.25, 0.3) is 0 Å². The predicted molar refractivity (Wildman–Crippen MR) is 73.0 cm³/mol. The minimum Gasteiger partial charge on any atom is -0.473 e. The van der Waals surface area contributed by atoms with Crippen molar-refractivity contribution in [1.29, 1.82) is 0 Å². The lowest BCUT2D eigenvalue weighted by Crippen LogP contribution is -2.25. The molecule has 0 amide bonds. The van der Waals surface area contributed by atoms with Gasteiger partial charge in [-0.1, -0.05) is 19.8 Å². The summed E-state index contributed by atoms with van der Waals surface area (Å²) >= 11 is 3.34. The van der Waals surface area contributed by atoms with Gasteiger partial charge in [0, 0.05) is 10.7 Å². The summed E-state index contributed by atoms with van der Waals surface area (Å²) in [5.74, 6) is 1.38. The second-order valence-electron chi connectivity index (χ2n) is 4.73. The van der Waals surface area contributed by atoms with Gasteiger partial charge in [0.2, 0.25) is 5.88 Å². The molecule has 2 rings (SSSR count). The fraction of sp³-hybridized carbons (Fsp3) is 0.615. The molecule has 1 aliphatic rings. The number of nitrogen functional groups attached to an aromatic ring is 1. The highest BCUT2D eigenvalue weighted by atomic mass is 79.9. The molecule has 4 heteroatoms. The fourth-order valence-electron chi connectivity index (χ4n) is 2.42. The maximum absolute atomic E-state index is 5.92. The molecular formula is C13H19BrN2O. The Balaban J connectivity index is 2.00. The number of rotatable bonds is 3. The lowest BCUT2D eigenvalue weighted by atomic mass is 9.85. The second kappa shape index (κ2) is 5.71. The van der Waals surface area contributed by atoms with E-state index in [0.717, 1.165) is 23.2 Å². The second-order valence-corrected chi connectivity index (χ2v) is 5.64. The van der Waals surface area contributed by atoms with Crippen LogP contribution >= 0.6 is 15.9 Å². The van der Waals surface area contributed by atoms with E-state index >= 15 is 0 Å². The lowest BCUT2D eigenvalue weighted by molar-refractivity contribution is 0.118. The third-order valence-corrected chi connectivity index (χ3v) is 3.87. The Morgan fingerprint density at radius 3 is 3.06 bits per heavy atom. The van der Waals surface area contributed by atoms with Gasteiger partial charge in [0.05, 0.1) is 5.69 Å². The number of nitrogens with zero attached hydrogens (tertiary/aromatic N) is 1. The van der Waals surface area contributed by atoms with E-state index in [1.165, 1.54) is 19.3 Å². The van der Waals surface area contributed by atoms with Gasteiger partial charge in [-0.25, -0.2) is 4.98 Å². The molecule has 2 atom stereocenters. The summed E-state index contributed by atoms with van der Waals surface area (Å²) < 4.78 is 6.80. The van der Waals surface area contributed by atoms with Crippen LogP contribution in [0.4, 0.5) is 5.69 Å². The molecule has 1 aromatic heterocycles. The molecule has 0 saturated heterocycles. The van der Waals surface area contributed by atoms with Crippen LogP contribution in [0.2, 0.25) is 0 Å². The first-order chi connectivity index (χ1) is 8.19. The monoisotopic (exact) mass is 298 g/mol. The van der Waals surface area contributed by atoms with Gasteiger partial charge in [-0.3, -0.25) is 0 Å². The highest BCUT2D eigenvalue weighted by molar-refractivity contribution is 9.10.